The van der Waals surface area contributed by atoms with Crippen molar-refractivity contribution in [3.05, 3.63) is 144 Å². The van der Waals surface area contributed by atoms with Crippen molar-refractivity contribution in [1.82, 2.24) is 4.57 Å². The first kappa shape index (κ1) is 24.6. The van der Waals surface area contributed by atoms with Crippen LogP contribution in [0, 0.1) is 0 Å². The molecule has 0 saturated heterocycles. The molecule has 5 heteroatoms. The summed E-state index contributed by atoms with van der Waals surface area (Å²) in [6.07, 6.45) is 0. The molecule has 0 aliphatic rings. The number of carbonyl (C=O) groups is 2. The molecule has 6 aromatic carbocycles. The number of carbonyl (C=O) groups excluding carboxylic acids is 2. The van der Waals surface area contributed by atoms with Crippen LogP contribution in [0.4, 0.5) is 0 Å². The Balaban J connectivity index is 1.14. The van der Waals surface area contributed by atoms with Crippen LogP contribution in [0.3, 0.4) is 0 Å². The Hall–Kier alpha value is -5.94. The highest BCUT2D eigenvalue weighted by Gasteiger charge is 2.21. The lowest BCUT2D eigenvalue weighted by Gasteiger charge is -2.00. The number of hydrogen-bond acceptors (Lipinski definition) is 4. The van der Waals surface area contributed by atoms with Crippen LogP contribution < -0.4 is 0 Å². The van der Waals surface area contributed by atoms with Crippen molar-refractivity contribution in [3.63, 3.8) is 0 Å². The van der Waals surface area contributed by atoms with Crippen LogP contribution in [0.2, 0.25) is 0 Å². The first-order valence-electron chi connectivity index (χ1n) is 14.5. The molecule has 44 heavy (non-hydrogen) atoms. The molecule has 0 atom stereocenters. The Kier molecular flexibility index (Phi) is 5.06. The van der Waals surface area contributed by atoms with Gasteiger partial charge in [0, 0.05) is 50.8 Å². The predicted molar refractivity (Wildman–Crippen MR) is 175 cm³/mol. The highest BCUT2D eigenvalue weighted by Crippen LogP contribution is 2.34. The fraction of sp³-hybridized carbons (Fsp3) is 0.0256. The second-order valence-corrected chi connectivity index (χ2v) is 11.3. The maximum absolute atomic E-state index is 13.7. The Morgan fingerprint density at radius 2 is 0.932 bits per heavy atom. The maximum atomic E-state index is 13.7. The number of hydrogen-bond donors (Lipinski definition) is 0. The van der Waals surface area contributed by atoms with E-state index in [0.29, 0.717) is 33.8 Å². The maximum Gasteiger partial charge on any atom is 0.228 e. The average molecular weight is 570 g/mol. The van der Waals surface area contributed by atoms with Gasteiger partial charge in [-0.15, -0.1) is 0 Å². The molecular weight excluding hydrogens is 546 g/mol. The number of ketones is 2. The van der Waals surface area contributed by atoms with E-state index in [1.54, 1.807) is 0 Å². The topological polar surface area (TPSA) is 65.3 Å². The molecule has 9 rings (SSSR count). The second kappa shape index (κ2) is 9.03. The number of fused-ring (bicyclic) bond motifs is 9. The van der Waals surface area contributed by atoms with E-state index in [1.807, 2.05) is 128 Å². The first-order chi connectivity index (χ1) is 21.5. The Labute approximate surface area is 250 Å². The average Bonchev–Trinajstić information content (AvgIpc) is 3.78. The number of aromatic nitrogens is 1. The lowest BCUT2D eigenvalue weighted by molar-refractivity contribution is 0.100. The zero-order valence-electron chi connectivity index (χ0n) is 23.6. The third-order valence-electron chi connectivity index (χ3n) is 8.83. The van der Waals surface area contributed by atoms with Crippen molar-refractivity contribution in [2.24, 2.45) is 7.05 Å². The molecule has 0 aliphatic carbocycles. The summed E-state index contributed by atoms with van der Waals surface area (Å²) in [6.45, 7) is 0. The van der Waals surface area contributed by atoms with Crippen LogP contribution >= 0.6 is 0 Å². The van der Waals surface area contributed by atoms with E-state index in [4.69, 9.17) is 8.83 Å². The molecule has 0 radical (unpaired) electrons. The van der Waals surface area contributed by atoms with Gasteiger partial charge in [0.05, 0.1) is 0 Å². The van der Waals surface area contributed by atoms with Crippen LogP contribution in [-0.2, 0) is 7.05 Å². The fourth-order valence-electron chi connectivity index (χ4n) is 6.59. The SMILES string of the molecule is Cn1c2ccc(C(=O)c3cc4c(ccc5ccccc54)o3)cc2c2cc(C(=O)c3cc4c(ccc5ccccc54)o3)ccc21. The minimum atomic E-state index is -0.189. The minimum absolute atomic E-state index is 0.189. The predicted octanol–water partition coefficient (Wildman–Crippen LogP) is 9.59. The second-order valence-electron chi connectivity index (χ2n) is 11.3. The monoisotopic (exact) mass is 569 g/mol. The van der Waals surface area contributed by atoms with E-state index in [2.05, 4.69) is 4.57 Å². The third kappa shape index (κ3) is 3.53. The number of aryl methyl sites for hydroxylation is 1. The summed E-state index contributed by atoms with van der Waals surface area (Å²) in [5, 5.41) is 7.90. The molecule has 0 amide bonds. The van der Waals surface area contributed by atoms with Crippen molar-refractivity contribution in [2.75, 3.05) is 0 Å². The van der Waals surface area contributed by atoms with Crippen molar-refractivity contribution in [3.8, 4) is 0 Å². The van der Waals surface area contributed by atoms with Gasteiger partial charge in [0.25, 0.3) is 0 Å². The van der Waals surface area contributed by atoms with Gasteiger partial charge in [-0.2, -0.15) is 0 Å². The molecule has 5 nitrogen and oxygen atoms in total. The van der Waals surface area contributed by atoms with Crippen LogP contribution in [0.15, 0.2) is 130 Å². The molecule has 0 bridgehead atoms. The molecule has 0 saturated carbocycles. The van der Waals surface area contributed by atoms with Gasteiger partial charge >= 0.3 is 0 Å². The van der Waals surface area contributed by atoms with Gasteiger partial charge in [-0.25, -0.2) is 0 Å². The summed E-state index contributed by atoms with van der Waals surface area (Å²) in [5.41, 5.74) is 4.34. The lowest BCUT2D eigenvalue weighted by Crippen LogP contribution is -1.99. The standard InChI is InChI=1S/C39H23NO4/c1-40-32-14-10-24(38(41)36-20-30-26-8-4-2-6-22(26)12-16-34(30)43-36)18-28(32)29-19-25(11-15-33(29)40)39(42)37-21-31-27-9-5-3-7-23(27)13-17-35(31)44-37/h2-21H,1H3. The summed E-state index contributed by atoms with van der Waals surface area (Å²) in [6, 6.07) is 39.0. The number of furan rings is 2. The van der Waals surface area contributed by atoms with Crippen LogP contribution in [0.25, 0.3) is 65.3 Å². The highest BCUT2D eigenvalue weighted by atomic mass is 16.3. The van der Waals surface area contributed by atoms with E-state index in [1.165, 1.54) is 0 Å². The smallest absolute Gasteiger partial charge is 0.228 e. The van der Waals surface area contributed by atoms with Gasteiger partial charge in [0.2, 0.25) is 11.6 Å². The molecule has 0 spiro atoms. The van der Waals surface area contributed by atoms with Gasteiger partial charge in [0.1, 0.15) is 11.2 Å². The van der Waals surface area contributed by atoms with Gasteiger partial charge in [0.15, 0.2) is 11.5 Å². The molecule has 0 unspecified atom stereocenters. The fourth-order valence-corrected chi connectivity index (χ4v) is 6.59. The van der Waals surface area contributed by atoms with Crippen molar-refractivity contribution >= 4 is 76.9 Å². The normalized spacial score (nSPS) is 11.9. The summed E-state index contributed by atoms with van der Waals surface area (Å²) in [7, 11) is 1.99. The van der Waals surface area contributed by atoms with Gasteiger partial charge in [-0.3, -0.25) is 9.59 Å². The van der Waals surface area contributed by atoms with E-state index in [9.17, 15) is 9.59 Å². The molecule has 3 heterocycles. The van der Waals surface area contributed by atoms with Crippen molar-refractivity contribution in [1.29, 1.82) is 0 Å². The molecule has 9 aromatic rings. The Bertz CT molecular complexity index is 2480. The van der Waals surface area contributed by atoms with E-state index >= 15 is 0 Å². The van der Waals surface area contributed by atoms with Crippen LogP contribution in [0.5, 0.6) is 0 Å². The van der Waals surface area contributed by atoms with Gasteiger partial charge in [-0.05, 0) is 82.2 Å². The summed E-state index contributed by atoms with van der Waals surface area (Å²) in [5.74, 6) is 0.213. The number of benzene rings is 6. The summed E-state index contributed by atoms with van der Waals surface area (Å²) >= 11 is 0. The van der Waals surface area contributed by atoms with Gasteiger partial charge < -0.3 is 13.4 Å². The molecule has 0 fully saturated rings. The molecule has 3 aromatic heterocycles. The van der Waals surface area contributed by atoms with Crippen molar-refractivity contribution in [2.45, 2.75) is 0 Å². The van der Waals surface area contributed by atoms with Gasteiger partial charge in [-0.1, -0.05) is 60.7 Å². The number of rotatable bonds is 4. The molecule has 0 aliphatic heterocycles. The van der Waals surface area contributed by atoms with E-state index in [0.717, 1.165) is 54.1 Å². The first-order valence-corrected chi connectivity index (χ1v) is 14.5. The van der Waals surface area contributed by atoms with Crippen LogP contribution in [-0.4, -0.2) is 16.1 Å². The highest BCUT2D eigenvalue weighted by molar-refractivity contribution is 6.18. The van der Waals surface area contributed by atoms with Crippen molar-refractivity contribution < 1.29 is 18.4 Å². The largest absolute Gasteiger partial charge is 0.453 e. The Morgan fingerprint density at radius 3 is 1.41 bits per heavy atom. The number of nitrogens with zero attached hydrogens (tertiary/aromatic N) is 1. The molecule has 208 valence electrons. The quantitative estimate of drug-likeness (QED) is 0.198. The third-order valence-corrected chi connectivity index (χ3v) is 8.83. The molecule has 0 N–H and O–H groups in total. The minimum Gasteiger partial charge on any atom is -0.453 e. The summed E-state index contributed by atoms with van der Waals surface area (Å²) in [4.78, 5) is 27.4. The lowest BCUT2D eigenvalue weighted by atomic mass is 10.0. The summed E-state index contributed by atoms with van der Waals surface area (Å²) < 4.78 is 14.2. The van der Waals surface area contributed by atoms with E-state index in [-0.39, 0.29) is 11.6 Å². The molecular formula is C39H23NO4. The van der Waals surface area contributed by atoms with Crippen LogP contribution in [0.1, 0.15) is 32.2 Å². The zero-order chi connectivity index (χ0) is 29.5. The Morgan fingerprint density at radius 1 is 0.477 bits per heavy atom. The van der Waals surface area contributed by atoms with E-state index < -0.39 is 0 Å². The zero-order valence-corrected chi connectivity index (χ0v) is 23.6.